The minimum Gasteiger partial charge on any atom is -0.362 e. The van der Waals surface area contributed by atoms with Crippen LogP contribution in [-0.4, -0.2) is 38.0 Å². The lowest BCUT2D eigenvalue weighted by Gasteiger charge is -2.07. The highest BCUT2D eigenvalue weighted by Gasteiger charge is 2.17. The highest BCUT2D eigenvalue weighted by atomic mass is 32.1. The second kappa shape index (κ2) is 9.55. The molecule has 0 spiro atoms. The second-order valence-corrected chi connectivity index (χ2v) is 8.53. The Balaban J connectivity index is 1.19. The molecule has 1 aromatic carbocycles. The molecule has 0 saturated carbocycles. The van der Waals surface area contributed by atoms with Crippen molar-refractivity contribution in [3.05, 3.63) is 77.2 Å². The number of para-hydroxylation sites is 2. The van der Waals surface area contributed by atoms with Crippen LogP contribution in [0.1, 0.15) is 22.7 Å². The number of alkyl halides is 1. The zero-order valence-corrected chi connectivity index (χ0v) is 18.4. The maximum absolute atomic E-state index is 14.9. The molecule has 0 unspecified atom stereocenters. The van der Waals surface area contributed by atoms with Crippen molar-refractivity contribution >= 4 is 38.4 Å². The van der Waals surface area contributed by atoms with Gasteiger partial charge < -0.3 is 15.6 Å². The number of pyridine rings is 2. The number of fused-ring (bicyclic) bond motifs is 2. The van der Waals surface area contributed by atoms with Crippen molar-refractivity contribution in [1.82, 2.24) is 30.2 Å². The topological polar surface area (TPSA) is 91.4 Å². The highest BCUT2D eigenvalue weighted by Crippen LogP contribution is 2.31. The van der Waals surface area contributed by atoms with Crippen LogP contribution in [0.2, 0.25) is 0 Å². The molecule has 1 atom stereocenters. The quantitative estimate of drug-likeness (QED) is 0.277. The zero-order chi connectivity index (χ0) is 22.6. The van der Waals surface area contributed by atoms with E-state index in [9.17, 15) is 8.78 Å². The highest BCUT2D eigenvalue weighted by molar-refractivity contribution is 7.18. The third-order valence-electron chi connectivity index (χ3n) is 5.15. The SMILES string of the molecule is Fc1cccnc1CNc1nccc2sc([C@H](F)CNCCc3nc4ccccc4[nH]3)nc12. The van der Waals surface area contributed by atoms with Gasteiger partial charge in [-0.25, -0.2) is 23.7 Å². The first-order valence-corrected chi connectivity index (χ1v) is 11.4. The van der Waals surface area contributed by atoms with Crippen molar-refractivity contribution in [2.24, 2.45) is 0 Å². The molecule has 0 fully saturated rings. The largest absolute Gasteiger partial charge is 0.362 e. The number of halogens is 2. The van der Waals surface area contributed by atoms with Crippen molar-refractivity contribution < 1.29 is 8.78 Å². The summed E-state index contributed by atoms with van der Waals surface area (Å²) in [6.07, 6.45) is 2.58. The van der Waals surface area contributed by atoms with E-state index >= 15 is 0 Å². The number of hydrogen-bond donors (Lipinski definition) is 3. The average molecular weight is 466 g/mol. The van der Waals surface area contributed by atoms with Gasteiger partial charge in [0.15, 0.2) is 12.0 Å². The maximum atomic E-state index is 14.9. The van der Waals surface area contributed by atoms with Crippen molar-refractivity contribution in [1.29, 1.82) is 0 Å². The molecule has 5 rings (SSSR count). The summed E-state index contributed by atoms with van der Waals surface area (Å²) in [5.41, 5.74) is 2.77. The van der Waals surface area contributed by atoms with Gasteiger partial charge in [0, 0.05) is 31.9 Å². The van der Waals surface area contributed by atoms with Crippen molar-refractivity contribution in [2.45, 2.75) is 19.1 Å². The third kappa shape index (κ3) is 4.81. The summed E-state index contributed by atoms with van der Waals surface area (Å²) < 4.78 is 29.5. The Kier molecular flexibility index (Phi) is 6.18. The van der Waals surface area contributed by atoms with E-state index in [0.29, 0.717) is 29.3 Å². The van der Waals surface area contributed by atoms with Crippen LogP contribution in [0, 0.1) is 5.82 Å². The molecule has 33 heavy (non-hydrogen) atoms. The van der Waals surface area contributed by atoms with Crippen molar-refractivity contribution in [3.63, 3.8) is 0 Å². The predicted octanol–water partition coefficient (Wildman–Crippen LogP) is 4.56. The molecule has 0 bridgehead atoms. The minimum atomic E-state index is -1.25. The number of rotatable bonds is 9. The number of anilines is 1. The van der Waals surface area contributed by atoms with Crippen LogP contribution in [0.25, 0.3) is 21.3 Å². The van der Waals surface area contributed by atoms with E-state index in [1.807, 2.05) is 24.3 Å². The number of H-pyrrole nitrogens is 1. The number of nitrogens with zero attached hydrogens (tertiary/aromatic N) is 4. The third-order valence-corrected chi connectivity index (χ3v) is 6.26. The van der Waals surface area contributed by atoms with E-state index in [2.05, 4.69) is 35.6 Å². The number of hydrogen-bond acceptors (Lipinski definition) is 7. The van der Waals surface area contributed by atoms with Gasteiger partial charge in [0.2, 0.25) is 0 Å². The van der Waals surface area contributed by atoms with Crippen LogP contribution in [0.5, 0.6) is 0 Å². The number of aromatic amines is 1. The standard InChI is InChI=1S/C23H21F2N7S/c24-14-4-3-9-27-18(14)13-29-22-21-19(7-11-28-22)33-23(32-21)15(25)12-26-10-8-20-30-16-5-1-2-6-17(16)31-20/h1-7,9,11,15,26H,8,10,12-13H2,(H,28,29)(H,30,31)/t15-/m1/s1. The van der Waals surface area contributed by atoms with E-state index in [0.717, 1.165) is 21.6 Å². The molecule has 5 aromatic rings. The summed E-state index contributed by atoms with van der Waals surface area (Å²) in [5, 5.41) is 6.58. The lowest BCUT2D eigenvalue weighted by Crippen LogP contribution is -2.22. The smallest absolute Gasteiger partial charge is 0.164 e. The van der Waals surface area contributed by atoms with Crippen molar-refractivity contribution in [3.8, 4) is 0 Å². The lowest BCUT2D eigenvalue weighted by molar-refractivity contribution is 0.328. The number of imidazole rings is 1. The first kappa shape index (κ1) is 21.4. The molecule has 10 heteroatoms. The van der Waals surface area contributed by atoms with Crippen LogP contribution in [-0.2, 0) is 13.0 Å². The van der Waals surface area contributed by atoms with Gasteiger partial charge in [-0.1, -0.05) is 12.1 Å². The van der Waals surface area contributed by atoms with Gasteiger partial charge in [-0.2, -0.15) is 0 Å². The molecule has 0 radical (unpaired) electrons. The Morgan fingerprint density at radius 1 is 1.03 bits per heavy atom. The number of thiazole rings is 1. The Morgan fingerprint density at radius 2 is 1.94 bits per heavy atom. The molecule has 4 aromatic heterocycles. The molecule has 0 aliphatic rings. The Labute approximate surface area is 192 Å². The lowest BCUT2D eigenvalue weighted by atomic mass is 10.3. The second-order valence-electron chi connectivity index (χ2n) is 7.47. The molecular weight excluding hydrogens is 444 g/mol. The molecule has 0 aliphatic carbocycles. The average Bonchev–Trinajstić information content (AvgIpc) is 3.45. The molecule has 3 N–H and O–H groups in total. The van der Waals surface area contributed by atoms with Gasteiger partial charge >= 0.3 is 0 Å². The molecule has 0 aliphatic heterocycles. The van der Waals surface area contributed by atoms with Gasteiger partial charge in [-0.05, 0) is 30.3 Å². The van der Waals surface area contributed by atoms with Gasteiger partial charge in [0.25, 0.3) is 0 Å². The van der Waals surface area contributed by atoms with E-state index < -0.39 is 12.0 Å². The van der Waals surface area contributed by atoms with E-state index in [-0.39, 0.29) is 18.8 Å². The number of benzene rings is 1. The Morgan fingerprint density at radius 3 is 2.82 bits per heavy atom. The maximum Gasteiger partial charge on any atom is 0.164 e. The van der Waals surface area contributed by atoms with Crippen LogP contribution in [0.15, 0.2) is 54.9 Å². The van der Waals surface area contributed by atoms with Gasteiger partial charge in [0.05, 0.1) is 28.0 Å². The summed E-state index contributed by atoms with van der Waals surface area (Å²) >= 11 is 1.29. The minimum absolute atomic E-state index is 0.148. The van der Waals surface area contributed by atoms with Crippen LogP contribution >= 0.6 is 11.3 Å². The summed E-state index contributed by atoms with van der Waals surface area (Å²) in [6, 6.07) is 12.5. The summed E-state index contributed by atoms with van der Waals surface area (Å²) in [5.74, 6) is 0.948. The molecule has 7 nitrogen and oxygen atoms in total. The summed E-state index contributed by atoms with van der Waals surface area (Å²) in [4.78, 5) is 20.6. The first-order valence-electron chi connectivity index (χ1n) is 10.5. The van der Waals surface area contributed by atoms with Crippen LogP contribution in [0.4, 0.5) is 14.6 Å². The fraction of sp³-hybridized carbons (Fsp3) is 0.217. The fourth-order valence-corrected chi connectivity index (χ4v) is 4.44. The van der Waals surface area contributed by atoms with E-state index in [4.69, 9.17) is 0 Å². The monoisotopic (exact) mass is 465 g/mol. The van der Waals surface area contributed by atoms with Crippen molar-refractivity contribution in [2.75, 3.05) is 18.4 Å². The first-order chi connectivity index (χ1) is 16.2. The van der Waals surface area contributed by atoms with Gasteiger partial charge in [-0.3, -0.25) is 4.98 Å². The molecule has 0 amide bonds. The zero-order valence-electron chi connectivity index (χ0n) is 17.6. The summed E-state index contributed by atoms with van der Waals surface area (Å²) in [6.45, 7) is 0.901. The number of aromatic nitrogens is 5. The Bertz CT molecular complexity index is 1350. The molecule has 0 saturated heterocycles. The van der Waals surface area contributed by atoms with E-state index in [1.165, 1.54) is 29.7 Å². The van der Waals surface area contributed by atoms with Crippen LogP contribution < -0.4 is 10.6 Å². The molecule has 168 valence electrons. The summed E-state index contributed by atoms with van der Waals surface area (Å²) in [7, 11) is 0. The fourth-order valence-electron chi connectivity index (χ4n) is 3.50. The Hall–Kier alpha value is -3.50. The normalized spacial score (nSPS) is 12.4. The van der Waals surface area contributed by atoms with E-state index in [1.54, 1.807) is 12.3 Å². The van der Waals surface area contributed by atoms with Gasteiger partial charge in [-0.15, -0.1) is 11.3 Å². The van der Waals surface area contributed by atoms with Crippen LogP contribution in [0.3, 0.4) is 0 Å². The molecular formula is C23H21F2N7S. The van der Waals surface area contributed by atoms with Gasteiger partial charge in [0.1, 0.15) is 22.2 Å². The number of nitrogens with one attached hydrogen (secondary N) is 3. The molecule has 4 heterocycles. The predicted molar refractivity (Wildman–Crippen MR) is 125 cm³/mol.